The zero-order chi connectivity index (χ0) is 12.1. The summed E-state index contributed by atoms with van der Waals surface area (Å²) in [6.07, 6.45) is -0.882. The highest BCUT2D eigenvalue weighted by Gasteiger charge is 2.13. The SMILES string of the molecule is COc1ccc(OC(C)C(C)O)c(CO)c1. The molecule has 4 heteroatoms. The topological polar surface area (TPSA) is 58.9 Å². The average Bonchev–Trinajstić information content (AvgIpc) is 2.29. The van der Waals surface area contributed by atoms with E-state index in [1.54, 1.807) is 39.2 Å². The highest BCUT2D eigenvalue weighted by molar-refractivity contribution is 5.40. The van der Waals surface area contributed by atoms with Crippen LogP contribution >= 0.6 is 0 Å². The van der Waals surface area contributed by atoms with Crippen LogP contribution in [-0.4, -0.2) is 29.5 Å². The van der Waals surface area contributed by atoms with Gasteiger partial charge < -0.3 is 19.7 Å². The second-order valence-corrected chi connectivity index (χ2v) is 3.70. The maximum Gasteiger partial charge on any atom is 0.125 e. The van der Waals surface area contributed by atoms with Gasteiger partial charge in [-0.2, -0.15) is 0 Å². The summed E-state index contributed by atoms with van der Waals surface area (Å²) in [5, 5.41) is 18.5. The molecule has 0 aliphatic rings. The van der Waals surface area contributed by atoms with E-state index in [2.05, 4.69) is 0 Å². The molecule has 0 amide bonds. The van der Waals surface area contributed by atoms with Crippen molar-refractivity contribution in [3.8, 4) is 11.5 Å². The molecule has 1 rings (SSSR count). The standard InChI is InChI=1S/C12H18O4/c1-8(14)9(2)16-12-5-4-11(15-3)6-10(12)7-13/h4-6,8-9,13-14H,7H2,1-3H3. The van der Waals surface area contributed by atoms with E-state index in [-0.39, 0.29) is 12.7 Å². The lowest BCUT2D eigenvalue weighted by Crippen LogP contribution is -2.26. The fourth-order valence-corrected chi connectivity index (χ4v) is 1.22. The first-order valence-electron chi connectivity index (χ1n) is 5.21. The summed E-state index contributed by atoms with van der Waals surface area (Å²) in [7, 11) is 1.56. The van der Waals surface area contributed by atoms with Gasteiger partial charge in [-0.25, -0.2) is 0 Å². The Morgan fingerprint density at radius 3 is 2.50 bits per heavy atom. The Kier molecular flexibility index (Phi) is 4.58. The molecule has 0 saturated carbocycles. The summed E-state index contributed by atoms with van der Waals surface area (Å²) < 4.78 is 10.6. The third-order valence-corrected chi connectivity index (χ3v) is 2.43. The molecule has 90 valence electrons. The van der Waals surface area contributed by atoms with Gasteiger partial charge in [0.2, 0.25) is 0 Å². The van der Waals surface area contributed by atoms with Gasteiger partial charge in [0.25, 0.3) is 0 Å². The molecule has 2 atom stereocenters. The molecule has 0 aliphatic heterocycles. The fraction of sp³-hybridized carbons (Fsp3) is 0.500. The normalized spacial score (nSPS) is 14.3. The molecule has 0 heterocycles. The van der Waals surface area contributed by atoms with Crippen molar-refractivity contribution < 1.29 is 19.7 Å². The molecule has 0 aromatic heterocycles. The van der Waals surface area contributed by atoms with Gasteiger partial charge in [0, 0.05) is 5.56 Å². The van der Waals surface area contributed by atoms with E-state index in [9.17, 15) is 10.2 Å². The zero-order valence-electron chi connectivity index (χ0n) is 9.80. The van der Waals surface area contributed by atoms with Crippen LogP contribution in [0.4, 0.5) is 0 Å². The number of hydrogen-bond donors (Lipinski definition) is 2. The zero-order valence-corrected chi connectivity index (χ0v) is 9.80. The number of aliphatic hydroxyl groups is 2. The van der Waals surface area contributed by atoms with Crippen LogP contribution in [0.15, 0.2) is 18.2 Å². The molecule has 4 nitrogen and oxygen atoms in total. The molecule has 0 saturated heterocycles. The second-order valence-electron chi connectivity index (χ2n) is 3.70. The number of ether oxygens (including phenoxy) is 2. The van der Waals surface area contributed by atoms with E-state index >= 15 is 0 Å². The Hall–Kier alpha value is -1.26. The number of methoxy groups -OCH3 is 1. The smallest absolute Gasteiger partial charge is 0.125 e. The molecule has 0 aliphatic carbocycles. The number of rotatable bonds is 5. The molecule has 0 radical (unpaired) electrons. The second kappa shape index (κ2) is 5.72. The molecule has 1 aromatic rings. The minimum absolute atomic E-state index is 0.126. The summed E-state index contributed by atoms with van der Waals surface area (Å²) >= 11 is 0. The summed E-state index contributed by atoms with van der Waals surface area (Å²) in [5.74, 6) is 1.23. The summed E-state index contributed by atoms with van der Waals surface area (Å²) in [4.78, 5) is 0. The van der Waals surface area contributed by atoms with E-state index in [1.165, 1.54) is 0 Å². The number of benzene rings is 1. The van der Waals surface area contributed by atoms with Crippen molar-refractivity contribution in [3.05, 3.63) is 23.8 Å². The average molecular weight is 226 g/mol. The molecule has 0 spiro atoms. The van der Waals surface area contributed by atoms with Gasteiger partial charge in [-0.05, 0) is 32.0 Å². The van der Waals surface area contributed by atoms with Crippen LogP contribution in [0.25, 0.3) is 0 Å². The largest absolute Gasteiger partial charge is 0.497 e. The Bertz CT molecular complexity index is 336. The summed E-state index contributed by atoms with van der Waals surface area (Å²) in [6, 6.07) is 5.19. The lowest BCUT2D eigenvalue weighted by molar-refractivity contribution is 0.0589. The Morgan fingerprint density at radius 1 is 1.31 bits per heavy atom. The minimum Gasteiger partial charge on any atom is -0.497 e. The van der Waals surface area contributed by atoms with E-state index in [1.807, 2.05) is 0 Å². The lowest BCUT2D eigenvalue weighted by atomic mass is 10.2. The Morgan fingerprint density at radius 2 is 2.00 bits per heavy atom. The maximum absolute atomic E-state index is 9.33. The van der Waals surface area contributed by atoms with Gasteiger partial charge in [-0.1, -0.05) is 0 Å². The monoisotopic (exact) mass is 226 g/mol. The molecule has 1 aromatic carbocycles. The minimum atomic E-state index is -0.561. The quantitative estimate of drug-likeness (QED) is 0.795. The predicted molar refractivity (Wildman–Crippen MR) is 60.7 cm³/mol. The Balaban J connectivity index is 2.87. The van der Waals surface area contributed by atoms with Crippen molar-refractivity contribution in [2.75, 3.05) is 7.11 Å². The lowest BCUT2D eigenvalue weighted by Gasteiger charge is -2.19. The van der Waals surface area contributed by atoms with Crippen molar-refractivity contribution in [2.45, 2.75) is 32.7 Å². The van der Waals surface area contributed by atoms with Crippen LogP contribution in [0.3, 0.4) is 0 Å². The highest BCUT2D eigenvalue weighted by atomic mass is 16.5. The van der Waals surface area contributed by atoms with Crippen LogP contribution in [0.1, 0.15) is 19.4 Å². The maximum atomic E-state index is 9.33. The third-order valence-electron chi connectivity index (χ3n) is 2.43. The third kappa shape index (κ3) is 3.12. The van der Waals surface area contributed by atoms with Crippen molar-refractivity contribution >= 4 is 0 Å². The van der Waals surface area contributed by atoms with E-state index < -0.39 is 6.10 Å². The van der Waals surface area contributed by atoms with Crippen LogP contribution in [-0.2, 0) is 6.61 Å². The van der Waals surface area contributed by atoms with Crippen molar-refractivity contribution in [1.29, 1.82) is 0 Å². The number of hydrogen-bond acceptors (Lipinski definition) is 4. The molecular weight excluding hydrogens is 208 g/mol. The van der Waals surface area contributed by atoms with Crippen LogP contribution in [0.2, 0.25) is 0 Å². The first-order chi connectivity index (χ1) is 7.58. The van der Waals surface area contributed by atoms with E-state index in [0.717, 1.165) is 0 Å². The van der Waals surface area contributed by atoms with Crippen LogP contribution in [0.5, 0.6) is 11.5 Å². The molecule has 0 fully saturated rings. The van der Waals surface area contributed by atoms with Crippen LogP contribution < -0.4 is 9.47 Å². The number of aliphatic hydroxyl groups excluding tert-OH is 2. The molecule has 2 unspecified atom stereocenters. The fourth-order valence-electron chi connectivity index (χ4n) is 1.22. The van der Waals surface area contributed by atoms with Gasteiger partial charge in [0.1, 0.15) is 17.6 Å². The first-order valence-corrected chi connectivity index (χ1v) is 5.21. The van der Waals surface area contributed by atoms with Crippen molar-refractivity contribution in [2.24, 2.45) is 0 Å². The van der Waals surface area contributed by atoms with E-state index in [4.69, 9.17) is 9.47 Å². The van der Waals surface area contributed by atoms with Crippen molar-refractivity contribution in [3.63, 3.8) is 0 Å². The van der Waals surface area contributed by atoms with Crippen molar-refractivity contribution in [1.82, 2.24) is 0 Å². The molecule has 2 N–H and O–H groups in total. The van der Waals surface area contributed by atoms with E-state index in [0.29, 0.717) is 17.1 Å². The summed E-state index contributed by atoms with van der Waals surface area (Å²) in [5.41, 5.74) is 0.645. The molecule has 0 bridgehead atoms. The van der Waals surface area contributed by atoms with Gasteiger partial charge in [-0.3, -0.25) is 0 Å². The molecule has 16 heavy (non-hydrogen) atoms. The van der Waals surface area contributed by atoms with Crippen LogP contribution in [0, 0.1) is 0 Å². The van der Waals surface area contributed by atoms with Gasteiger partial charge >= 0.3 is 0 Å². The van der Waals surface area contributed by atoms with Gasteiger partial charge in [0.15, 0.2) is 0 Å². The predicted octanol–water partition coefficient (Wildman–Crippen LogP) is 1.34. The first kappa shape index (κ1) is 12.8. The highest BCUT2D eigenvalue weighted by Crippen LogP contribution is 2.25. The van der Waals surface area contributed by atoms with Gasteiger partial charge in [0.05, 0.1) is 19.8 Å². The Labute approximate surface area is 95.4 Å². The summed E-state index contributed by atoms with van der Waals surface area (Å²) in [6.45, 7) is 3.31. The molecular formula is C12H18O4. The van der Waals surface area contributed by atoms with Gasteiger partial charge in [-0.15, -0.1) is 0 Å².